The molecule has 0 saturated carbocycles. The molecular weight excluding hydrogens is 474 g/mol. The van der Waals surface area contributed by atoms with E-state index in [9.17, 15) is 14.4 Å². The van der Waals surface area contributed by atoms with Crippen LogP contribution in [0.15, 0.2) is 47.1 Å². The molecule has 1 aliphatic heterocycles. The standard InChI is InChI=1S/C27H33N5O5/c1-17(2)25(23-16-24(30-37-23)36-15-14-33)27(35)32-13-5-6-22(32)26(34)29-18(3)19-7-9-20(10-8-19)21-11-12-28-31(21)4/h7-12,14,16-18,22,25H,5-6,13,15H2,1-4H3,(H,29,34)/t18-,22-,25+/m0/s1. The molecule has 2 aromatic heterocycles. The highest BCUT2D eigenvalue weighted by Gasteiger charge is 2.40. The number of carbonyl (C=O) groups is 3. The van der Waals surface area contributed by atoms with Crippen LogP contribution in [0.1, 0.15) is 56.9 Å². The third-order valence-corrected chi connectivity index (χ3v) is 6.77. The van der Waals surface area contributed by atoms with Gasteiger partial charge < -0.3 is 19.5 Å². The minimum Gasteiger partial charge on any atom is -0.468 e. The molecule has 1 aromatic carbocycles. The number of hydrogen-bond donors (Lipinski definition) is 1. The Morgan fingerprint density at radius 2 is 1.97 bits per heavy atom. The summed E-state index contributed by atoms with van der Waals surface area (Å²) in [6, 6.07) is 10.7. The van der Waals surface area contributed by atoms with Crippen molar-refractivity contribution in [2.45, 2.75) is 51.6 Å². The van der Waals surface area contributed by atoms with Crippen molar-refractivity contribution in [1.82, 2.24) is 25.2 Å². The highest BCUT2D eigenvalue weighted by atomic mass is 16.5. The predicted octanol–water partition coefficient (Wildman–Crippen LogP) is 3.26. The first kappa shape index (κ1) is 26.1. The van der Waals surface area contributed by atoms with Crippen LogP contribution in [0.2, 0.25) is 0 Å². The van der Waals surface area contributed by atoms with E-state index in [2.05, 4.69) is 15.6 Å². The summed E-state index contributed by atoms with van der Waals surface area (Å²) < 4.78 is 12.4. The number of ether oxygens (including phenoxy) is 1. The second-order valence-electron chi connectivity index (χ2n) is 9.65. The highest BCUT2D eigenvalue weighted by molar-refractivity contribution is 5.91. The van der Waals surface area contributed by atoms with Crippen LogP contribution in [0.3, 0.4) is 0 Å². The molecule has 37 heavy (non-hydrogen) atoms. The lowest BCUT2D eigenvalue weighted by molar-refractivity contribution is -0.141. The summed E-state index contributed by atoms with van der Waals surface area (Å²) in [5.41, 5.74) is 3.03. The average molecular weight is 508 g/mol. The molecule has 3 heterocycles. The molecule has 0 radical (unpaired) electrons. The average Bonchev–Trinajstić information content (AvgIpc) is 3.64. The number of nitrogens with zero attached hydrogens (tertiary/aromatic N) is 4. The Morgan fingerprint density at radius 1 is 1.22 bits per heavy atom. The number of carbonyl (C=O) groups excluding carboxylic acids is 3. The minimum atomic E-state index is -0.619. The van der Waals surface area contributed by atoms with Crippen LogP contribution < -0.4 is 10.1 Å². The lowest BCUT2D eigenvalue weighted by atomic mass is 9.91. The van der Waals surface area contributed by atoms with Crippen LogP contribution in [0.4, 0.5) is 0 Å². The van der Waals surface area contributed by atoms with Gasteiger partial charge in [-0.1, -0.05) is 38.1 Å². The Morgan fingerprint density at radius 3 is 2.62 bits per heavy atom. The largest absolute Gasteiger partial charge is 0.468 e. The Hall–Kier alpha value is -3.95. The summed E-state index contributed by atoms with van der Waals surface area (Å²) in [4.78, 5) is 39.1. The second kappa shape index (κ2) is 11.4. The fraction of sp³-hybridized carbons (Fsp3) is 0.444. The first-order chi connectivity index (χ1) is 17.8. The molecule has 0 unspecified atom stereocenters. The van der Waals surface area contributed by atoms with Gasteiger partial charge in [0.25, 0.3) is 5.88 Å². The lowest BCUT2D eigenvalue weighted by Gasteiger charge is -2.29. The van der Waals surface area contributed by atoms with Crippen molar-refractivity contribution in [3.63, 3.8) is 0 Å². The Labute approximate surface area is 215 Å². The molecular formula is C27H33N5O5. The van der Waals surface area contributed by atoms with Crippen molar-refractivity contribution in [1.29, 1.82) is 0 Å². The van der Waals surface area contributed by atoms with E-state index in [1.807, 2.05) is 62.8 Å². The van der Waals surface area contributed by atoms with Gasteiger partial charge >= 0.3 is 0 Å². The molecule has 0 spiro atoms. The molecule has 1 saturated heterocycles. The maximum Gasteiger partial charge on any atom is 0.254 e. The van der Waals surface area contributed by atoms with E-state index in [-0.39, 0.29) is 36.3 Å². The van der Waals surface area contributed by atoms with E-state index in [4.69, 9.17) is 9.26 Å². The van der Waals surface area contributed by atoms with Gasteiger partial charge in [0.2, 0.25) is 11.8 Å². The topological polar surface area (TPSA) is 120 Å². The van der Waals surface area contributed by atoms with Gasteiger partial charge in [0.15, 0.2) is 12.0 Å². The summed E-state index contributed by atoms with van der Waals surface area (Å²) >= 11 is 0. The van der Waals surface area contributed by atoms with Crippen LogP contribution in [-0.2, 0) is 21.4 Å². The van der Waals surface area contributed by atoms with E-state index in [1.165, 1.54) is 6.07 Å². The van der Waals surface area contributed by atoms with E-state index in [0.29, 0.717) is 25.0 Å². The Balaban J connectivity index is 1.43. The number of benzene rings is 1. The summed E-state index contributed by atoms with van der Waals surface area (Å²) in [6.45, 7) is 6.12. The molecule has 1 N–H and O–H groups in total. The molecule has 0 bridgehead atoms. The molecule has 196 valence electrons. The summed E-state index contributed by atoms with van der Waals surface area (Å²) in [5, 5.41) is 11.1. The van der Waals surface area contributed by atoms with Gasteiger partial charge in [-0.05, 0) is 48.0 Å². The number of aryl methyl sites for hydroxylation is 1. The van der Waals surface area contributed by atoms with E-state index >= 15 is 0 Å². The first-order valence-electron chi connectivity index (χ1n) is 12.5. The zero-order valence-electron chi connectivity index (χ0n) is 21.6. The molecule has 0 aliphatic carbocycles. The molecule has 4 rings (SSSR count). The summed E-state index contributed by atoms with van der Waals surface area (Å²) in [7, 11) is 1.90. The fourth-order valence-corrected chi connectivity index (χ4v) is 4.82. The molecule has 3 atom stereocenters. The van der Waals surface area contributed by atoms with Crippen molar-refractivity contribution in [2.75, 3.05) is 13.2 Å². The van der Waals surface area contributed by atoms with Crippen molar-refractivity contribution < 1.29 is 23.6 Å². The van der Waals surface area contributed by atoms with Crippen molar-refractivity contribution in [3.8, 4) is 17.1 Å². The molecule has 2 amide bonds. The number of aldehydes is 1. The quantitative estimate of drug-likeness (QED) is 0.418. The highest BCUT2D eigenvalue weighted by Crippen LogP contribution is 2.32. The van der Waals surface area contributed by atoms with Crippen LogP contribution >= 0.6 is 0 Å². The Bertz CT molecular complexity index is 1230. The molecule has 3 aromatic rings. The zero-order valence-corrected chi connectivity index (χ0v) is 21.6. The van der Waals surface area contributed by atoms with Gasteiger partial charge in [-0.2, -0.15) is 5.10 Å². The number of nitrogens with one attached hydrogen (secondary N) is 1. The van der Waals surface area contributed by atoms with Crippen molar-refractivity contribution >= 4 is 18.1 Å². The van der Waals surface area contributed by atoms with Gasteiger partial charge in [-0.3, -0.25) is 19.1 Å². The van der Waals surface area contributed by atoms with Crippen LogP contribution in [0.25, 0.3) is 11.3 Å². The van der Waals surface area contributed by atoms with Crippen LogP contribution in [-0.4, -0.2) is 57.1 Å². The predicted molar refractivity (Wildman–Crippen MR) is 136 cm³/mol. The SMILES string of the molecule is CC(C)[C@@H](C(=O)N1CCC[C@H]1C(=O)N[C@@H](C)c1ccc(-c2ccnn2C)cc1)c1cc(OCC=O)no1. The Kier molecular flexibility index (Phi) is 8.05. The first-order valence-corrected chi connectivity index (χ1v) is 12.5. The van der Waals surface area contributed by atoms with E-state index in [1.54, 1.807) is 11.1 Å². The number of hydrogen-bond acceptors (Lipinski definition) is 7. The fourth-order valence-electron chi connectivity index (χ4n) is 4.82. The van der Waals surface area contributed by atoms with Gasteiger partial charge in [0, 0.05) is 25.9 Å². The molecule has 1 aliphatic rings. The number of aromatic nitrogens is 3. The number of amides is 2. The summed E-state index contributed by atoms with van der Waals surface area (Å²) in [6.07, 6.45) is 3.71. The van der Waals surface area contributed by atoms with Gasteiger partial charge in [0.1, 0.15) is 18.6 Å². The maximum absolute atomic E-state index is 13.6. The zero-order chi connectivity index (χ0) is 26.5. The third-order valence-electron chi connectivity index (χ3n) is 6.77. The van der Waals surface area contributed by atoms with Crippen molar-refractivity contribution in [2.24, 2.45) is 13.0 Å². The van der Waals surface area contributed by atoms with Crippen LogP contribution in [0, 0.1) is 5.92 Å². The van der Waals surface area contributed by atoms with E-state index in [0.717, 1.165) is 23.2 Å². The van der Waals surface area contributed by atoms with E-state index < -0.39 is 12.0 Å². The maximum atomic E-state index is 13.6. The van der Waals surface area contributed by atoms with Gasteiger partial charge in [0.05, 0.1) is 11.7 Å². The number of rotatable bonds is 10. The summed E-state index contributed by atoms with van der Waals surface area (Å²) in [5.74, 6) is -0.566. The molecule has 10 heteroatoms. The van der Waals surface area contributed by atoms with Gasteiger partial charge in [-0.15, -0.1) is 0 Å². The number of likely N-dealkylation sites (tertiary alicyclic amines) is 1. The monoisotopic (exact) mass is 507 g/mol. The second-order valence-corrected chi connectivity index (χ2v) is 9.65. The van der Waals surface area contributed by atoms with Gasteiger partial charge in [-0.25, -0.2) is 0 Å². The van der Waals surface area contributed by atoms with Crippen LogP contribution in [0.5, 0.6) is 5.88 Å². The molecule has 10 nitrogen and oxygen atoms in total. The lowest BCUT2D eigenvalue weighted by Crippen LogP contribution is -2.48. The molecule has 1 fully saturated rings. The smallest absolute Gasteiger partial charge is 0.254 e. The normalized spacial score (nSPS) is 17.0. The van der Waals surface area contributed by atoms with Crippen molar-refractivity contribution in [3.05, 3.63) is 53.9 Å². The minimum absolute atomic E-state index is 0.0967. The third kappa shape index (κ3) is 5.73.